The minimum atomic E-state index is -0.711. The van der Waals surface area contributed by atoms with Gasteiger partial charge in [0.25, 0.3) is 0 Å². The van der Waals surface area contributed by atoms with Gasteiger partial charge in [0.15, 0.2) is 0 Å². The molecule has 0 aromatic heterocycles. The van der Waals surface area contributed by atoms with Crippen molar-refractivity contribution in [3.8, 4) is 11.1 Å². The van der Waals surface area contributed by atoms with E-state index in [1.165, 1.54) is 6.07 Å². The topological polar surface area (TPSA) is 26.3 Å². The zero-order chi connectivity index (χ0) is 24.5. The molecule has 180 valence electrons. The lowest BCUT2D eigenvalue weighted by atomic mass is 9.86. The maximum absolute atomic E-state index is 16.2. The largest absolute Gasteiger partial charge is 0.466 e. The molecular formula is C27H33F3O2S. The highest BCUT2D eigenvalue weighted by molar-refractivity contribution is 8.00. The fraction of sp³-hybridized carbons (Fsp3) is 0.519. The second kappa shape index (κ2) is 10.1. The van der Waals surface area contributed by atoms with E-state index in [0.29, 0.717) is 22.4 Å². The molecule has 33 heavy (non-hydrogen) atoms. The van der Waals surface area contributed by atoms with Crippen molar-refractivity contribution in [3.05, 3.63) is 57.9 Å². The van der Waals surface area contributed by atoms with Gasteiger partial charge in [-0.3, -0.25) is 4.79 Å². The van der Waals surface area contributed by atoms with Crippen LogP contribution in [0.2, 0.25) is 0 Å². The number of hydrogen-bond donors (Lipinski definition) is 0. The van der Waals surface area contributed by atoms with Gasteiger partial charge in [-0.2, -0.15) is 11.8 Å². The number of carbonyl (C=O) groups is 1. The number of halogens is 3. The summed E-state index contributed by atoms with van der Waals surface area (Å²) in [5.74, 6) is -2.50. The number of rotatable bonds is 8. The molecule has 1 aliphatic carbocycles. The summed E-state index contributed by atoms with van der Waals surface area (Å²) < 4.78 is 51.4. The van der Waals surface area contributed by atoms with Crippen molar-refractivity contribution in [1.29, 1.82) is 0 Å². The Kier molecular flexibility index (Phi) is 7.87. The zero-order valence-electron chi connectivity index (χ0n) is 20.3. The first kappa shape index (κ1) is 25.7. The Labute approximate surface area is 199 Å². The van der Waals surface area contributed by atoms with Crippen LogP contribution in [0.15, 0.2) is 18.2 Å². The summed E-state index contributed by atoms with van der Waals surface area (Å²) in [6.45, 7) is 11.4. The minimum absolute atomic E-state index is 0.0239. The van der Waals surface area contributed by atoms with Crippen molar-refractivity contribution in [2.45, 2.75) is 77.4 Å². The Morgan fingerprint density at radius 2 is 1.82 bits per heavy atom. The Morgan fingerprint density at radius 3 is 2.39 bits per heavy atom. The molecule has 0 bridgehead atoms. The summed E-state index contributed by atoms with van der Waals surface area (Å²) in [4.78, 5) is 12.4. The standard InChI is InChI=1S/C27H33F3O2S/c1-7-32-22(31)12-18(14-33-27(4,5)6)24-25(29)19(17-9-10-17)13-20(26(24)30)23-15(2)8-11-21(28)16(23)3/h8,11,13,17-18H,7,9-10,12,14H2,1-6H3/t18-/m1/s1. The van der Waals surface area contributed by atoms with E-state index >= 15 is 8.78 Å². The average Bonchev–Trinajstić information content (AvgIpc) is 3.55. The third-order valence-corrected chi connectivity index (χ3v) is 7.44. The summed E-state index contributed by atoms with van der Waals surface area (Å²) in [5.41, 5.74) is 2.09. The average molecular weight is 479 g/mol. The van der Waals surface area contributed by atoms with E-state index in [1.54, 1.807) is 44.7 Å². The molecule has 3 rings (SSSR count). The molecule has 1 saturated carbocycles. The van der Waals surface area contributed by atoms with Crippen LogP contribution >= 0.6 is 11.8 Å². The maximum Gasteiger partial charge on any atom is 0.306 e. The second-order valence-electron chi connectivity index (χ2n) is 9.82. The molecule has 0 unspecified atom stereocenters. The molecule has 1 fully saturated rings. The van der Waals surface area contributed by atoms with Gasteiger partial charge in [-0.15, -0.1) is 0 Å². The highest BCUT2D eigenvalue weighted by Gasteiger charge is 2.35. The SMILES string of the molecule is CCOC(=O)C[C@H](CSC(C)(C)C)c1c(F)c(-c2c(C)ccc(F)c2C)cc(C2CC2)c1F. The van der Waals surface area contributed by atoms with Gasteiger partial charge in [0.2, 0.25) is 0 Å². The normalized spacial score (nSPS) is 14.9. The molecule has 0 saturated heterocycles. The minimum Gasteiger partial charge on any atom is -0.466 e. The molecule has 0 spiro atoms. The number of carbonyl (C=O) groups excluding carboxylic acids is 1. The van der Waals surface area contributed by atoms with E-state index in [0.717, 1.165) is 18.4 Å². The summed E-state index contributed by atoms with van der Waals surface area (Å²) in [6, 6.07) is 4.53. The summed E-state index contributed by atoms with van der Waals surface area (Å²) >= 11 is 1.55. The number of ether oxygens (including phenoxy) is 1. The molecule has 2 aromatic carbocycles. The van der Waals surface area contributed by atoms with Crippen molar-refractivity contribution in [1.82, 2.24) is 0 Å². The molecule has 6 heteroatoms. The first-order valence-corrected chi connectivity index (χ1v) is 12.5. The summed E-state index contributed by atoms with van der Waals surface area (Å²) in [6.07, 6.45) is 1.56. The third-order valence-electron chi connectivity index (χ3n) is 6.00. The molecule has 0 aliphatic heterocycles. The van der Waals surface area contributed by atoms with Crippen LogP contribution in [0.3, 0.4) is 0 Å². The van der Waals surface area contributed by atoms with Crippen LogP contribution in [-0.2, 0) is 9.53 Å². The van der Waals surface area contributed by atoms with Crippen LogP contribution in [0.5, 0.6) is 0 Å². The number of thioether (sulfide) groups is 1. The van der Waals surface area contributed by atoms with E-state index in [9.17, 15) is 9.18 Å². The van der Waals surface area contributed by atoms with E-state index in [1.807, 2.05) is 20.8 Å². The molecule has 1 atom stereocenters. The molecular weight excluding hydrogens is 445 g/mol. The van der Waals surface area contributed by atoms with Gasteiger partial charge in [-0.25, -0.2) is 13.2 Å². The Morgan fingerprint density at radius 1 is 1.15 bits per heavy atom. The number of esters is 1. The zero-order valence-corrected chi connectivity index (χ0v) is 21.1. The maximum atomic E-state index is 16.2. The van der Waals surface area contributed by atoms with Gasteiger partial charge in [-0.1, -0.05) is 26.8 Å². The van der Waals surface area contributed by atoms with Gasteiger partial charge in [0.1, 0.15) is 17.5 Å². The molecule has 0 N–H and O–H groups in total. The van der Waals surface area contributed by atoms with E-state index < -0.39 is 29.3 Å². The molecule has 0 amide bonds. The van der Waals surface area contributed by atoms with Gasteiger partial charge in [-0.05, 0) is 73.9 Å². The fourth-order valence-corrected chi connectivity index (χ4v) is 5.15. The smallest absolute Gasteiger partial charge is 0.306 e. The van der Waals surface area contributed by atoms with Crippen LogP contribution in [0, 0.1) is 31.3 Å². The van der Waals surface area contributed by atoms with Gasteiger partial charge in [0, 0.05) is 27.5 Å². The molecule has 1 aliphatic rings. The lowest BCUT2D eigenvalue weighted by Gasteiger charge is -2.25. The molecule has 0 heterocycles. The molecule has 2 nitrogen and oxygen atoms in total. The predicted molar refractivity (Wildman–Crippen MR) is 129 cm³/mol. The Hall–Kier alpha value is -1.95. The van der Waals surface area contributed by atoms with E-state index in [-0.39, 0.29) is 34.8 Å². The van der Waals surface area contributed by atoms with Gasteiger partial charge < -0.3 is 4.74 Å². The van der Waals surface area contributed by atoms with Crippen molar-refractivity contribution in [2.75, 3.05) is 12.4 Å². The summed E-state index contributed by atoms with van der Waals surface area (Å²) in [5, 5.41) is 0. The molecule has 2 aromatic rings. The second-order valence-corrected chi connectivity index (χ2v) is 11.7. The van der Waals surface area contributed by atoms with Crippen molar-refractivity contribution < 1.29 is 22.7 Å². The Bertz CT molecular complexity index is 1040. The van der Waals surface area contributed by atoms with E-state index in [4.69, 9.17) is 4.74 Å². The molecule has 0 radical (unpaired) electrons. The first-order valence-electron chi connectivity index (χ1n) is 11.5. The number of hydrogen-bond acceptors (Lipinski definition) is 3. The highest BCUT2D eigenvalue weighted by atomic mass is 32.2. The lowest BCUT2D eigenvalue weighted by Crippen LogP contribution is -2.19. The van der Waals surface area contributed by atoms with Crippen molar-refractivity contribution in [3.63, 3.8) is 0 Å². The Balaban J connectivity index is 2.21. The fourth-order valence-electron chi connectivity index (χ4n) is 4.16. The predicted octanol–water partition coefficient (Wildman–Crippen LogP) is 7.83. The van der Waals surface area contributed by atoms with Gasteiger partial charge in [0.05, 0.1) is 13.0 Å². The van der Waals surface area contributed by atoms with E-state index in [2.05, 4.69) is 0 Å². The van der Waals surface area contributed by atoms with Crippen LogP contribution in [0.4, 0.5) is 13.2 Å². The van der Waals surface area contributed by atoms with Crippen molar-refractivity contribution in [2.24, 2.45) is 0 Å². The van der Waals surface area contributed by atoms with Gasteiger partial charge >= 0.3 is 5.97 Å². The number of aryl methyl sites for hydroxylation is 1. The first-order chi connectivity index (χ1) is 15.4. The van der Waals surface area contributed by atoms with Crippen LogP contribution in [0.1, 0.15) is 81.0 Å². The van der Waals surface area contributed by atoms with Crippen molar-refractivity contribution >= 4 is 17.7 Å². The van der Waals surface area contributed by atoms with Crippen LogP contribution in [0.25, 0.3) is 11.1 Å². The van der Waals surface area contributed by atoms with Crippen LogP contribution in [-0.4, -0.2) is 23.1 Å². The monoisotopic (exact) mass is 478 g/mol. The van der Waals surface area contributed by atoms with Crippen LogP contribution < -0.4 is 0 Å². The summed E-state index contributed by atoms with van der Waals surface area (Å²) in [7, 11) is 0. The highest BCUT2D eigenvalue weighted by Crippen LogP contribution is 2.47. The quantitative estimate of drug-likeness (QED) is 0.362. The third kappa shape index (κ3) is 5.95. The lowest BCUT2D eigenvalue weighted by molar-refractivity contribution is -0.143. The number of benzene rings is 2.